The zero-order valence-electron chi connectivity index (χ0n) is 13.9. The summed E-state index contributed by atoms with van der Waals surface area (Å²) in [5.74, 6) is 0.198. The van der Waals surface area contributed by atoms with E-state index in [4.69, 9.17) is 0 Å². The van der Waals surface area contributed by atoms with Gasteiger partial charge in [0.25, 0.3) is 0 Å². The van der Waals surface area contributed by atoms with Crippen molar-refractivity contribution in [3.8, 4) is 0 Å². The molecule has 1 N–H and O–H groups in total. The molecule has 0 aromatic heterocycles. The van der Waals surface area contributed by atoms with Crippen molar-refractivity contribution in [1.82, 2.24) is 10.2 Å². The zero-order chi connectivity index (χ0) is 15.3. The maximum atomic E-state index is 12.3. The number of amides is 1. The van der Waals surface area contributed by atoms with Gasteiger partial charge in [-0.2, -0.15) is 0 Å². The van der Waals surface area contributed by atoms with E-state index >= 15 is 0 Å². The van der Waals surface area contributed by atoms with E-state index in [1.807, 2.05) is 0 Å². The van der Waals surface area contributed by atoms with Crippen LogP contribution in [0.4, 0.5) is 0 Å². The Hall–Kier alpha value is -1.06. The van der Waals surface area contributed by atoms with Crippen LogP contribution in [0.2, 0.25) is 0 Å². The number of halogens is 1. The van der Waals surface area contributed by atoms with E-state index in [1.54, 1.807) is 0 Å². The summed E-state index contributed by atoms with van der Waals surface area (Å²) in [6.45, 7) is 3.53. The average molecular weight is 337 g/mol. The lowest BCUT2D eigenvalue weighted by Crippen LogP contribution is -2.44. The molecule has 1 saturated heterocycles. The molecule has 3 rings (SSSR count). The van der Waals surface area contributed by atoms with Gasteiger partial charge < -0.3 is 5.32 Å². The van der Waals surface area contributed by atoms with Gasteiger partial charge in [-0.25, -0.2) is 0 Å². The van der Waals surface area contributed by atoms with Crippen LogP contribution in [0, 0.1) is 0 Å². The van der Waals surface area contributed by atoms with Crippen LogP contribution in [-0.4, -0.2) is 37.0 Å². The fraction of sp³-hybridized carbons (Fsp3) is 0.632. The van der Waals surface area contributed by atoms with Gasteiger partial charge in [-0.3, -0.25) is 9.69 Å². The zero-order valence-corrected chi connectivity index (χ0v) is 14.7. The minimum absolute atomic E-state index is 0. The number of benzene rings is 1. The van der Waals surface area contributed by atoms with Crippen LogP contribution in [0.3, 0.4) is 0 Å². The number of carbonyl (C=O) groups is 1. The first-order valence-electron chi connectivity index (χ1n) is 8.83. The average Bonchev–Trinajstić information content (AvgIpc) is 3.05. The smallest absolute Gasteiger partial charge is 0.234 e. The lowest BCUT2D eigenvalue weighted by molar-refractivity contribution is -0.122. The molecule has 1 aliphatic carbocycles. The summed E-state index contributed by atoms with van der Waals surface area (Å²) in [6.07, 6.45) is 8.73. The van der Waals surface area contributed by atoms with Crippen molar-refractivity contribution in [2.24, 2.45) is 0 Å². The summed E-state index contributed by atoms with van der Waals surface area (Å²) in [4.78, 5) is 14.6. The van der Waals surface area contributed by atoms with Crippen molar-refractivity contribution in [3.63, 3.8) is 0 Å². The summed E-state index contributed by atoms with van der Waals surface area (Å²) in [5.41, 5.74) is 1.56. The summed E-state index contributed by atoms with van der Waals surface area (Å²) in [6, 6.07) is 10.8. The molecule has 3 nitrogen and oxygen atoms in total. The third-order valence-corrected chi connectivity index (χ3v) is 5.39. The van der Waals surface area contributed by atoms with E-state index in [9.17, 15) is 4.79 Å². The minimum Gasteiger partial charge on any atom is -0.354 e. The lowest BCUT2D eigenvalue weighted by atomic mass is 9.79. The van der Waals surface area contributed by atoms with Gasteiger partial charge in [0.15, 0.2) is 0 Å². The number of piperidine rings is 1. The Balaban J connectivity index is 0.00000192. The molecule has 0 atom stereocenters. The normalized spacial score (nSPS) is 20.7. The molecule has 128 valence electrons. The molecule has 1 aromatic rings. The molecule has 0 radical (unpaired) electrons. The number of nitrogens with zero attached hydrogens (tertiary/aromatic N) is 1. The molecule has 0 unspecified atom stereocenters. The van der Waals surface area contributed by atoms with Crippen molar-refractivity contribution in [1.29, 1.82) is 0 Å². The molecule has 23 heavy (non-hydrogen) atoms. The largest absolute Gasteiger partial charge is 0.354 e. The minimum atomic E-state index is 0. The molecule has 0 spiro atoms. The number of nitrogens with one attached hydrogen (secondary N) is 1. The van der Waals surface area contributed by atoms with Crippen molar-refractivity contribution < 1.29 is 4.79 Å². The summed E-state index contributed by atoms with van der Waals surface area (Å²) < 4.78 is 0. The lowest BCUT2D eigenvalue weighted by Gasteiger charge is -2.31. The van der Waals surface area contributed by atoms with E-state index in [2.05, 4.69) is 40.5 Å². The van der Waals surface area contributed by atoms with Crippen LogP contribution in [0.25, 0.3) is 0 Å². The molecule has 2 fully saturated rings. The van der Waals surface area contributed by atoms with Crippen molar-refractivity contribution in [2.75, 3.05) is 26.2 Å². The van der Waals surface area contributed by atoms with Crippen LogP contribution >= 0.6 is 12.4 Å². The highest BCUT2D eigenvalue weighted by atomic mass is 35.5. The first-order valence-corrected chi connectivity index (χ1v) is 8.83. The fourth-order valence-electron chi connectivity index (χ4n) is 4.06. The number of carbonyl (C=O) groups excluding carboxylic acids is 1. The molecular weight excluding hydrogens is 308 g/mol. The van der Waals surface area contributed by atoms with Crippen LogP contribution in [0.1, 0.15) is 50.5 Å². The number of hydrogen-bond acceptors (Lipinski definition) is 2. The summed E-state index contributed by atoms with van der Waals surface area (Å²) >= 11 is 0. The van der Waals surface area contributed by atoms with Gasteiger partial charge in [-0.1, -0.05) is 49.6 Å². The molecule has 1 aliphatic heterocycles. The van der Waals surface area contributed by atoms with E-state index in [1.165, 1.54) is 50.5 Å². The highest BCUT2D eigenvalue weighted by Crippen LogP contribution is 2.40. The first kappa shape index (κ1) is 18.3. The van der Waals surface area contributed by atoms with Gasteiger partial charge in [0.1, 0.15) is 0 Å². The predicted molar refractivity (Wildman–Crippen MR) is 97.1 cm³/mol. The van der Waals surface area contributed by atoms with Gasteiger partial charge in [0, 0.05) is 12.0 Å². The molecule has 1 heterocycles. The molecule has 0 bridgehead atoms. The van der Waals surface area contributed by atoms with Crippen LogP contribution < -0.4 is 5.32 Å². The second kappa shape index (κ2) is 8.70. The van der Waals surface area contributed by atoms with E-state index < -0.39 is 0 Å². The Morgan fingerprint density at radius 1 is 1.00 bits per heavy atom. The van der Waals surface area contributed by atoms with E-state index in [-0.39, 0.29) is 23.7 Å². The highest BCUT2D eigenvalue weighted by molar-refractivity contribution is 5.85. The molecule has 1 saturated carbocycles. The summed E-state index contributed by atoms with van der Waals surface area (Å²) in [5, 5.41) is 3.23. The maximum Gasteiger partial charge on any atom is 0.234 e. The Morgan fingerprint density at radius 3 is 2.30 bits per heavy atom. The van der Waals surface area contributed by atoms with Crippen LogP contribution in [0.15, 0.2) is 30.3 Å². The van der Waals surface area contributed by atoms with Crippen molar-refractivity contribution >= 4 is 18.3 Å². The number of likely N-dealkylation sites (tertiary alicyclic amines) is 1. The number of rotatable bonds is 5. The maximum absolute atomic E-state index is 12.3. The van der Waals surface area contributed by atoms with E-state index in [0.717, 1.165) is 19.6 Å². The summed E-state index contributed by atoms with van der Waals surface area (Å²) in [7, 11) is 0. The SMILES string of the molecule is Cl.O=C(CN1CCCCC1)NCC1(c2ccccc2)CCCC1. The second-order valence-corrected chi connectivity index (χ2v) is 6.97. The quantitative estimate of drug-likeness (QED) is 0.892. The Morgan fingerprint density at radius 2 is 1.65 bits per heavy atom. The third kappa shape index (κ3) is 4.71. The third-order valence-electron chi connectivity index (χ3n) is 5.39. The van der Waals surface area contributed by atoms with Gasteiger partial charge in [-0.15, -0.1) is 12.4 Å². The molecule has 1 aromatic carbocycles. The predicted octanol–water partition coefficient (Wildman–Crippen LogP) is 3.52. The monoisotopic (exact) mass is 336 g/mol. The Bertz CT molecular complexity index is 479. The highest BCUT2D eigenvalue weighted by Gasteiger charge is 2.35. The van der Waals surface area contributed by atoms with Crippen molar-refractivity contribution in [2.45, 2.75) is 50.4 Å². The molecular formula is C19H29ClN2O. The van der Waals surface area contributed by atoms with Gasteiger partial charge in [-0.05, 0) is 44.3 Å². The topological polar surface area (TPSA) is 32.3 Å². The Kier molecular flexibility index (Phi) is 6.91. The van der Waals surface area contributed by atoms with Crippen LogP contribution in [-0.2, 0) is 10.2 Å². The van der Waals surface area contributed by atoms with Gasteiger partial charge in [0.05, 0.1) is 6.54 Å². The van der Waals surface area contributed by atoms with Gasteiger partial charge in [0.2, 0.25) is 5.91 Å². The molecule has 2 aliphatic rings. The molecule has 1 amide bonds. The second-order valence-electron chi connectivity index (χ2n) is 6.97. The Labute approximate surface area is 146 Å². The number of hydrogen-bond donors (Lipinski definition) is 1. The van der Waals surface area contributed by atoms with Gasteiger partial charge >= 0.3 is 0 Å². The first-order chi connectivity index (χ1) is 10.8. The van der Waals surface area contributed by atoms with E-state index in [0.29, 0.717) is 6.54 Å². The van der Waals surface area contributed by atoms with Crippen molar-refractivity contribution in [3.05, 3.63) is 35.9 Å². The fourth-order valence-corrected chi connectivity index (χ4v) is 4.06. The standard InChI is InChI=1S/C19H28N2O.ClH/c22-18(15-21-13-7-2-8-14-21)20-16-19(11-5-6-12-19)17-9-3-1-4-10-17;/h1,3-4,9-10H,2,5-8,11-16H2,(H,20,22);1H. The van der Waals surface area contributed by atoms with Crippen LogP contribution in [0.5, 0.6) is 0 Å². The molecule has 4 heteroatoms.